The van der Waals surface area contributed by atoms with Gasteiger partial charge in [0.05, 0.1) is 6.61 Å². The van der Waals surface area contributed by atoms with Gasteiger partial charge < -0.3 is 19.7 Å². The molecule has 2 aromatic rings. The molecule has 3 rings (SSSR count). The topological polar surface area (TPSA) is 67.9 Å². The zero-order valence-corrected chi connectivity index (χ0v) is 15.4. The maximum atomic E-state index is 12.5. The van der Waals surface area contributed by atoms with E-state index in [9.17, 15) is 9.59 Å². The molecule has 0 radical (unpaired) electrons. The van der Waals surface area contributed by atoms with Crippen LogP contribution in [0.2, 0.25) is 0 Å². The summed E-state index contributed by atoms with van der Waals surface area (Å²) in [6.07, 6.45) is 0.778. The molecule has 27 heavy (non-hydrogen) atoms. The van der Waals surface area contributed by atoms with Gasteiger partial charge in [-0.05, 0) is 30.2 Å². The molecule has 0 bridgehead atoms. The summed E-state index contributed by atoms with van der Waals surface area (Å²) in [7, 11) is 1.60. The summed E-state index contributed by atoms with van der Waals surface area (Å²) in [6, 6.07) is 15.3. The number of rotatable bonds is 7. The van der Waals surface area contributed by atoms with Crippen LogP contribution in [0.5, 0.6) is 5.75 Å². The van der Waals surface area contributed by atoms with Gasteiger partial charge in [0.15, 0.2) is 6.61 Å². The van der Waals surface area contributed by atoms with E-state index in [1.807, 2.05) is 30.3 Å². The van der Waals surface area contributed by atoms with Gasteiger partial charge in [-0.15, -0.1) is 0 Å². The zero-order chi connectivity index (χ0) is 19.1. The maximum absolute atomic E-state index is 12.5. The van der Waals surface area contributed by atoms with Crippen molar-refractivity contribution in [2.75, 3.05) is 33.4 Å². The highest BCUT2D eigenvalue weighted by Crippen LogP contribution is 2.24. The molecule has 1 aliphatic rings. The number of nitrogens with one attached hydrogen (secondary N) is 1. The average molecular weight is 368 g/mol. The number of carbonyl (C=O) groups excluding carboxylic acids is 2. The van der Waals surface area contributed by atoms with Crippen LogP contribution >= 0.6 is 0 Å². The third-order valence-corrected chi connectivity index (χ3v) is 4.50. The van der Waals surface area contributed by atoms with Crippen molar-refractivity contribution in [3.8, 4) is 5.75 Å². The van der Waals surface area contributed by atoms with Crippen LogP contribution in [0.1, 0.15) is 21.5 Å². The fraction of sp³-hybridized carbons (Fsp3) is 0.333. The predicted molar refractivity (Wildman–Crippen MR) is 102 cm³/mol. The molecule has 1 N–H and O–H groups in total. The van der Waals surface area contributed by atoms with Crippen LogP contribution in [0, 0.1) is 0 Å². The molecule has 2 amide bonds. The summed E-state index contributed by atoms with van der Waals surface area (Å²) in [6.45, 7) is 1.92. The Morgan fingerprint density at radius 1 is 1.22 bits per heavy atom. The van der Waals surface area contributed by atoms with E-state index in [0.29, 0.717) is 37.6 Å². The van der Waals surface area contributed by atoms with E-state index in [-0.39, 0.29) is 18.4 Å². The van der Waals surface area contributed by atoms with Crippen molar-refractivity contribution in [1.29, 1.82) is 0 Å². The largest absolute Gasteiger partial charge is 0.483 e. The zero-order valence-electron chi connectivity index (χ0n) is 15.4. The van der Waals surface area contributed by atoms with E-state index >= 15 is 0 Å². The first kappa shape index (κ1) is 18.9. The summed E-state index contributed by atoms with van der Waals surface area (Å²) >= 11 is 0. The Bertz CT molecular complexity index is 792. The number of methoxy groups -OCH3 is 1. The van der Waals surface area contributed by atoms with Gasteiger partial charge in [0.25, 0.3) is 11.8 Å². The Morgan fingerprint density at radius 2 is 2.04 bits per heavy atom. The summed E-state index contributed by atoms with van der Waals surface area (Å²) in [4.78, 5) is 26.3. The van der Waals surface area contributed by atoms with Gasteiger partial charge in [0.2, 0.25) is 0 Å². The minimum absolute atomic E-state index is 0.000662. The number of fused-ring (bicyclic) bond motifs is 1. The summed E-state index contributed by atoms with van der Waals surface area (Å²) in [5.41, 5.74) is 2.57. The fourth-order valence-corrected chi connectivity index (χ4v) is 2.98. The monoisotopic (exact) mass is 368 g/mol. The van der Waals surface area contributed by atoms with Gasteiger partial charge in [0, 0.05) is 37.9 Å². The van der Waals surface area contributed by atoms with Crippen molar-refractivity contribution < 1.29 is 19.1 Å². The first-order valence-corrected chi connectivity index (χ1v) is 9.02. The quantitative estimate of drug-likeness (QED) is 0.812. The van der Waals surface area contributed by atoms with Gasteiger partial charge in [-0.2, -0.15) is 0 Å². The second-order valence-corrected chi connectivity index (χ2v) is 6.41. The van der Waals surface area contributed by atoms with Gasteiger partial charge in [-0.25, -0.2) is 0 Å². The Kier molecular flexibility index (Phi) is 6.44. The highest BCUT2D eigenvalue weighted by Gasteiger charge is 2.22. The van der Waals surface area contributed by atoms with Crippen LogP contribution in [0.25, 0.3) is 0 Å². The number of amides is 2. The van der Waals surface area contributed by atoms with Crippen LogP contribution in [0.15, 0.2) is 48.5 Å². The first-order valence-electron chi connectivity index (χ1n) is 9.02. The van der Waals surface area contributed by atoms with Crippen molar-refractivity contribution in [2.24, 2.45) is 0 Å². The number of hydrogen-bond acceptors (Lipinski definition) is 4. The van der Waals surface area contributed by atoms with Gasteiger partial charge in [0.1, 0.15) is 5.75 Å². The van der Waals surface area contributed by atoms with E-state index in [1.54, 1.807) is 30.2 Å². The van der Waals surface area contributed by atoms with Crippen molar-refractivity contribution in [3.63, 3.8) is 0 Å². The van der Waals surface area contributed by atoms with Crippen molar-refractivity contribution in [3.05, 3.63) is 65.2 Å². The minimum atomic E-state index is -0.132. The molecule has 2 aromatic carbocycles. The van der Waals surface area contributed by atoms with E-state index in [4.69, 9.17) is 9.47 Å². The molecular weight excluding hydrogens is 344 g/mol. The average Bonchev–Trinajstić information content (AvgIpc) is 2.85. The third-order valence-electron chi connectivity index (χ3n) is 4.50. The maximum Gasteiger partial charge on any atom is 0.260 e. The molecule has 6 heteroatoms. The Morgan fingerprint density at radius 3 is 2.81 bits per heavy atom. The molecule has 0 saturated heterocycles. The number of carbonyl (C=O) groups is 2. The van der Waals surface area contributed by atoms with Crippen LogP contribution in [0.4, 0.5) is 0 Å². The molecule has 0 unspecified atom stereocenters. The molecule has 0 atom stereocenters. The minimum Gasteiger partial charge on any atom is -0.483 e. The molecular formula is C21H24N2O4. The molecule has 6 nitrogen and oxygen atoms in total. The Labute approximate surface area is 159 Å². The van der Waals surface area contributed by atoms with Crippen molar-refractivity contribution >= 4 is 11.8 Å². The third kappa shape index (κ3) is 5.08. The van der Waals surface area contributed by atoms with E-state index in [2.05, 4.69) is 5.32 Å². The molecule has 1 heterocycles. The standard InChI is InChI=1S/C21H24N2O4/c1-26-12-11-23-14-18-13-17(7-8-19(18)27-15-20(23)24)21(25)22-10-9-16-5-3-2-4-6-16/h2-8,13H,9-12,14-15H2,1H3,(H,22,25). The smallest absolute Gasteiger partial charge is 0.260 e. The fourth-order valence-electron chi connectivity index (χ4n) is 2.98. The summed E-state index contributed by atoms with van der Waals surface area (Å²) in [5.74, 6) is 0.425. The van der Waals surface area contributed by atoms with Crippen LogP contribution in [0.3, 0.4) is 0 Å². The first-order chi connectivity index (χ1) is 13.2. The second-order valence-electron chi connectivity index (χ2n) is 6.41. The SMILES string of the molecule is COCCN1Cc2cc(C(=O)NCCc3ccccc3)ccc2OCC1=O. The Balaban J connectivity index is 1.64. The lowest BCUT2D eigenvalue weighted by Crippen LogP contribution is -2.34. The lowest BCUT2D eigenvalue weighted by atomic mass is 10.1. The molecule has 0 spiro atoms. The highest BCUT2D eigenvalue weighted by atomic mass is 16.5. The summed E-state index contributed by atoms with van der Waals surface area (Å²) in [5, 5.41) is 2.94. The van der Waals surface area contributed by atoms with Crippen molar-refractivity contribution in [2.45, 2.75) is 13.0 Å². The predicted octanol–water partition coefficient (Wildman–Crippen LogP) is 2.03. The lowest BCUT2D eigenvalue weighted by molar-refractivity contribution is -0.133. The number of hydrogen-bond donors (Lipinski definition) is 1. The molecule has 0 fully saturated rings. The van der Waals surface area contributed by atoms with Crippen LogP contribution in [-0.4, -0.2) is 50.1 Å². The van der Waals surface area contributed by atoms with E-state index < -0.39 is 0 Å². The second kappa shape index (κ2) is 9.19. The van der Waals surface area contributed by atoms with Gasteiger partial charge in [-0.1, -0.05) is 30.3 Å². The molecule has 0 aliphatic carbocycles. The van der Waals surface area contributed by atoms with Gasteiger partial charge >= 0.3 is 0 Å². The number of nitrogens with zero attached hydrogens (tertiary/aromatic N) is 1. The van der Waals surface area contributed by atoms with Crippen LogP contribution in [-0.2, 0) is 22.5 Å². The van der Waals surface area contributed by atoms with E-state index in [0.717, 1.165) is 12.0 Å². The highest BCUT2D eigenvalue weighted by molar-refractivity contribution is 5.94. The molecule has 0 saturated carbocycles. The lowest BCUT2D eigenvalue weighted by Gasteiger charge is -2.19. The molecule has 1 aliphatic heterocycles. The van der Waals surface area contributed by atoms with Crippen LogP contribution < -0.4 is 10.1 Å². The number of ether oxygens (including phenoxy) is 2. The molecule has 0 aromatic heterocycles. The number of benzene rings is 2. The summed E-state index contributed by atoms with van der Waals surface area (Å²) < 4.78 is 10.6. The Hall–Kier alpha value is -2.86. The van der Waals surface area contributed by atoms with E-state index in [1.165, 1.54) is 5.56 Å². The van der Waals surface area contributed by atoms with Crippen molar-refractivity contribution in [1.82, 2.24) is 10.2 Å². The molecule has 142 valence electrons. The normalized spacial score (nSPS) is 13.5. The van der Waals surface area contributed by atoms with Gasteiger partial charge in [-0.3, -0.25) is 9.59 Å².